The summed E-state index contributed by atoms with van der Waals surface area (Å²) in [7, 11) is -3.67. The lowest BCUT2D eigenvalue weighted by atomic mass is 10.2. The van der Waals surface area contributed by atoms with Crippen LogP contribution in [0.2, 0.25) is 0 Å². The molecule has 1 amide bonds. The van der Waals surface area contributed by atoms with Crippen molar-refractivity contribution in [3.63, 3.8) is 0 Å². The first-order valence-corrected chi connectivity index (χ1v) is 9.47. The Morgan fingerprint density at radius 1 is 1.28 bits per heavy atom. The maximum absolute atomic E-state index is 12.5. The van der Waals surface area contributed by atoms with E-state index in [1.165, 1.54) is 30.5 Å². The first-order valence-electron chi connectivity index (χ1n) is 7.99. The first-order chi connectivity index (χ1) is 12.0. The van der Waals surface area contributed by atoms with E-state index < -0.39 is 10.0 Å². The van der Waals surface area contributed by atoms with E-state index in [0.717, 1.165) is 0 Å². The fraction of sp³-hybridized carbons (Fsp3) is 0.353. The molecule has 1 aromatic heterocycles. The van der Waals surface area contributed by atoms with Gasteiger partial charge in [-0.25, -0.2) is 13.1 Å². The largest absolute Gasteiger partial charge is 0.468 e. The number of hydrogen-bond acceptors (Lipinski definition) is 5. The number of carbonyl (C=O) groups excluding carboxylic acids is 1. The van der Waals surface area contributed by atoms with Gasteiger partial charge in [0.25, 0.3) is 5.91 Å². The second-order valence-corrected chi connectivity index (χ2v) is 7.63. The Morgan fingerprint density at radius 3 is 2.68 bits per heavy atom. The van der Waals surface area contributed by atoms with Gasteiger partial charge in [-0.2, -0.15) is 0 Å². The number of rotatable bonds is 5. The lowest BCUT2D eigenvalue weighted by molar-refractivity contribution is -0.0124. The molecule has 1 atom stereocenters. The van der Waals surface area contributed by atoms with Gasteiger partial charge in [0, 0.05) is 18.7 Å². The Labute approximate surface area is 146 Å². The van der Waals surface area contributed by atoms with Gasteiger partial charge in [0.05, 0.1) is 30.4 Å². The van der Waals surface area contributed by atoms with Gasteiger partial charge in [-0.3, -0.25) is 4.79 Å². The summed E-state index contributed by atoms with van der Waals surface area (Å²) in [6, 6.07) is 9.31. The van der Waals surface area contributed by atoms with Crippen LogP contribution in [-0.2, 0) is 21.3 Å². The Bertz CT molecular complexity index is 815. The number of nitrogens with zero attached hydrogens (tertiary/aromatic N) is 1. The zero-order valence-corrected chi connectivity index (χ0v) is 14.7. The molecule has 0 unspecified atom stereocenters. The average molecular weight is 364 g/mol. The lowest BCUT2D eigenvalue weighted by Crippen LogP contribution is -2.44. The molecule has 1 N–H and O–H groups in total. The highest BCUT2D eigenvalue weighted by Crippen LogP contribution is 2.15. The zero-order chi connectivity index (χ0) is 17.9. The van der Waals surface area contributed by atoms with Crippen molar-refractivity contribution >= 4 is 15.9 Å². The number of ether oxygens (including phenoxy) is 1. The first kappa shape index (κ1) is 17.7. The van der Waals surface area contributed by atoms with Gasteiger partial charge >= 0.3 is 0 Å². The molecular weight excluding hydrogens is 344 g/mol. The van der Waals surface area contributed by atoms with E-state index in [1.54, 1.807) is 17.0 Å². The van der Waals surface area contributed by atoms with E-state index in [2.05, 4.69) is 4.72 Å². The van der Waals surface area contributed by atoms with Crippen molar-refractivity contribution in [2.45, 2.75) is 24.5 Å². The molecule has 7 nitrogen and oxygen atoms in total. The number of morpholine rings is 1. The summed E-state index contributed by atoms with van der Waals surface area (Å²) in [5, 5.41) is 0. The Balaban J connectivity index is 1.67. The fourth-order valence-corrected chi connectivity index (χ4v) is 3.62. The summed E-state index contributed by atoms with van der Waals surface area (Å²) in [6.07, 6.45) is 1.49. The standard InChI is InChI=1S/C17H20N2O5S/c1-13-12-19(8-10-23-13)17(20)14-4-6-16(7-5-14)25(21,22)18-11-15-3-2-9-24-15/h2-7,9,13,18H,8,10-12H2,1H3/t13-/m0/s1. The molecule has 25 heavy (non-hydrogen) atoms. The van der Waals surface area contributed by atoms with Crippen LogP contribution in [0.3, 0.4) is 0 Å². The van der Waals surface area contributed by atoms with Gasteiger partial charge in [0.1, 0.15) is 5.76 Å². The third-order valence-corrected chi connectivity index (χ3v) is 5.37. The van der Waals surface area contributed by atoms with Crippen molar-refractivity contribution < 1.29 is 22.4 Å². The van der Waals surface area contributed by atoms with Crippen LogP contribution in [0.5, 0.6) is 0 Å². The number of benzene rings is 1. The van der Waals surface area contributed by atoms with Crippen LogP contribution in [-0.4, -0.2) is 45.0 Å². The molecule has 1 aliphatic rings. The maximum Gasteiger partial charge on any atom is 0.254 e. The molecule has 0 spiro atoms. The predicted octanol–water partition coefficient (Wildman–Crippen LogP) is 1.62. The van der Waals surface area contributed by atoms with E-state index >= 15 is 0 Å². The van der Waals surface area contributed by atoms with Crippen molar-refractivity contribution in [1.82, 2.24) is 9.62 Å². The van der Waals surface area contributed by atoms with E-state index in [-0.39, 0.29) is 23.5 Å². The predicted molar refractivity (Wildman–Crippen MR) is 90.5 cm³/mol. The number of sulfonamides is 1. The van der Waals surface area contributed by atoms with E-state index in [4.69, 9.17) is 9.15 Å². The second kappa shape index (κ2) is 7.38. The molecule has 0 saturated carbocycles. The molecular formula is C17H20N2O5S. The molecule has 1 aromatic carbocycles. The smallest absolute Gasteiger partial charge is 0.254 e. The Kier molecular flexibility index (Phi) is 5.22. The normalized spacial score (nSPS) is 18.3. The minimum Gasteiger partial charge on any atom is -0.468 e. The van der Waals surface area contributed by atoms with Crippen LogP contribution in [0, 0.1) is 0 Å². The van der Waals surface area contributed by atoms with Crippen LogP contribution in [0.1, 0.15) is 23.0 Å². The van der Waals surface area contributed by atoms with Gasteiger partial charge in [-0.1, -0.05) is 0 Å². The third-order valence-electron chi connectivity index (χ3n) is 3.96. The molecule has 0 bridgehead atoms. The zero-order valence-electron chi connectivity index (χ0n) is 13.8. The van der Waals surface area contributed by atoms with Crippen LogP contribution in [0.25, 0.3) is 0 Å². The summed E-state index contributed by atoms with van der Waals surface area (Å²) in [4.78, 5) is 14.3. The highest BCUT2D eigenvalue weighted by molar-refractivity contribution is 7.89. The van der Waals surface area contributed by atoms with Crippen LogP contribution < -0.4 is 4.72 Å². The third kappa shape index (κ3) is 4.28. The molecule has 134 valence electrons. The molecule has 1 fully saturated rings. The van der Waals surface area contributed by atoms with E-state index in [9.17, 15) is 13.2 Å². The minimum atomic E-state index is -3.67. The molecule has 1 aliphatic heterocycles. The number of carbonyl (C=O) groups is 1. The molecule has 2 heterocycles. The van der Waals surface area contributed by atoms with Gasteiger partial charge in [-0.15, -0.1) is 0 Å². The summed E-state index contributed by atoms with van der Waals surface area (Å²) in [5.74, 6) is 0.402. The van der Waals surface area contributed by atoms with Crippen molar-refractivity contribution in [3.8, 4) is 0 Å². The number of hydrogen-bond donors (Lipinski definition) is 1. The molecule has 1 saturated heterocycles. The number of amides is 1. The highest BCUT2D eigenvalue weighted by Gasteiger charge is 2.23. The van der Waals surface area contributed by atoms with E-state index in [0.29, 0.717) is 31.0 Å². The van der Waals surface area contributed by atoms with Gasteiger partial charge < -0.3 is 14.1 Å². The lowest BCUT2D eigenvalue weighted by Gasteiger charge is -2.31. The summed E-state index contributed by atoms with van der Waals surface area (Å²) in [6.45, 7) is 3.56. The van der Waals surface area contributed by atoms with Gasteiger partial charge in [0.2, 0.25) is 10.0 Å². The molecule has 8 heteroatoms. The quantitative estimate of drug-likeness (QED) is 0.871. The molecule has 0 aliphatic carbocycles. The van der Waals surface area contributed by atoms with Crippen molar-refractivity contribution in [1.29, 1.82) is 0 Å². The Hall–Kier alpha value is -2.16. The topological polar surface area (TPSA) is 88.9 Å². The summed E-state index contributed by atoms with van der Waals surface area (Å²) >= 11 is 0. The summed E-state index contributed by atoms with van der Waals surface area (Å²) in [5.41, 5.74) is 0.457. The van der Waals surface area contributed by atoms with Crippen molar-refractivity contribution in [2.75, 3.05) is 19.7 Å². The highest BCUT2D eigenvalue weighted by atomic mass is 32.2. The molecule has 2 aromatic rings. The van der Waals surface area contributed by atoms with Gasteiger partial charge in [-0.05, 0) is 43.3 Å². The van der Waals surface area contributed by atoms with Crippen LogP contribution in [0.15, 0.2) is 52.0 Å². The van der Waals surface area contributed by atoms with Crippen LogP contribution in [0.4, 0.5) is 0 Å². The molecule has 0 radical (unpaired) electrons. The average Bonchev–Trinajstić information content (AvgIpc) is 3.13. The Morgan fingerprint density at radius 2 is 2.04 bits per heavy atom. The monoisotopic (exact) mass is 364 g/mol. The minimum absolute atomic E-state index is 0.00292. The maximum atomic E-state index is 12.5. The SMILES string of the molecule is C[C@H]1CN(C(=O)c2ccc(S(=O)(=O)NCc3ccco3)cc2)CCO1. The van der Waals surface area contributed by atoms with Crippen LogP contribution >= 0.6 is 0 Å². The number of furan rings is 1. The number of nitrogens with one attached hydrogen (secondary N) is 1. The van der Waals surface area contributed by atoms with Crippen molar-refractivity contribution in [2.24, 2.45) is 0 Å². The molecule has 3 rings (SSSR count). The van der Waals surface area contributed by atoms with Gasteiger partial charge in [0.15, 0.2) is 0 Å². The second-order valence-electron chi connectivity index (χ2n) is 5.86. The fourth-order valence-electron chi connectivity index (χ4n) is 2.62. The summed E-state index contributed by atoms with van der Waals surface area (Å²) < 4.78 is 37.6. The van der Waals surface area contributed by atoms with E-state index in [1.807, 2.05) is 6.92 Å². The van der Waals surface area contributed by atoms with Crippen molar-refractivity contribution in [3.05, 3.63) is 54.0 Å².